The van der Waals surface area contributed by atoms with Crippen molar-refractivity contribution in [3.05, 3.63) is 66.4 Å². The van der Waals surface area contributed by atoms with Crippen LogP contribution in [0.4, 0.5) is 5.95 Å². The van der Waals surface area contributed by atoms with Gasteiger partial charge in [0.1, 0.15) is 5.84 Å². The number of hydrogen-bond acceptors (Lipinski definition) is 3. The number of rotatable bonds is 2. The van der Waals surface area contributed by atoms with Crippen LogP contribution in [-0.4, -0.2) is 20.8 Å². The minimum Gasteiger partial charge on any atom is -0.383 e. The number of nitrogens with two attached hydrogens (primary N) is 1. The number of H-pyrrole nitrogens is 1. The van der Waals surface area contributed by atoms with E-state index in [-0.39, 0.29) is 0 Å². The molecule has 0 aliphatic carbocycles. The van der Waals surface area contributed by atoms with E-state index < -0.39 is 0 Å². The number of nitrogens with one attached hydrogen (secondary N) is 1. The van der Waals surface area contributed by atoms with Crippen molar-refractivity contribution in [3.63, 3.8) is 0 Å². The molecule has 106 valence electrons. The van der Waals surface area contributed by atoms with Gasteiger partial charge in [-0.3, -0.25) is 0 Å². The Labute approximate surface area is 126 Å². The highest BCUT2D eigenvalue weighted by atomic mass is 15.1. The summed E-state index contributed by atoms with van der Waals surface area (Å²) in [6.07, 6.45) is 1.70. The number of fused-ring (bicyclic) bond motifs is 2. The molecule has 0 aliphatic heterocycles. The van der Waals surface area contributed by atoms with Crippen LogP contribution in [0.3, 0.4) is 0 Å². The molecule has 3 N–H and O–H groups in total. The molecule has 4 aromatic rings. The molecule has 0 aliphatic rings. The minimum atomic E-state index is 0.421. The van der Waals surface area contributed by atoms with Crippen LogP contribution in [0, 0.1) is 0 Å². The Morgan fingerprint density at radius 1 is 1.00 bits per heavy atom. The second kappa shape index (κ2) is 4.96. The van der Waals surface area contributed by atoms with Crippen LogP contribution in [0.5, 0.6) is 0 Å². The Hall–Kier alpha value is -3.21. The third kappa shape index (κ3) is 2.18. The van der Waals surface area contributed by atoms with Crippen molar-refractivity contribution in [1.29, 1.82) is 0 Å². The fourth-order valence-corrected chi connectivity index (χ4v) is 2.41. The van der Waals surface area contributed by atoms with Crippen LogP contribution in [0.1, 0.15) is 5.56 Å². The summed E-state index contributed by atoms with van der Waals surface area (Å²) in [6.45, 7) is 0. The van der Waals surface area contributed by atoms with E-state index in [9.17, 15) is 0 Å². The molecule has 0 saturated carbocycles. The highest BCUT2D eigenvalue weighted by Gasteiger charge is 2.05. The Morgan fingerprint density at radius 3 is 2.73 bits per heavy atom. The van der Waals surface area contributed by atoms with Gasteiger partial charge in [0.25, 0.3) is 0 Å². The number of imidazole rings is 1. The lowest BCUT2D eigenvalue weighted by molar-refractivity contribution is 1.24. The summed E-state index contributed by atoms with van der Waals surface area (Å²) in [5.74, 6) is 0.879. The van der Waals surface area contributed by atoms with Gasteiger partial charge in [-0.1, -0.05) is 36.4 Å². The quantitative estimate of drug-likeness (QED) is 0.439. The van der Waals surface area contributed by atoms with Gasteiger partial charge in [0, 0.05) is 11.8 Å². The summed E-state index contributed by atoms with van der Waals surface area (Å²) in [5, 5.41) is 2.30. The molecule has 0 bridgehead atoms. The normalized spacial score (nSPS) is 12.1. The standard InChI is InChI=1S/C17H13N5/c18-15(13-8-7-11-4-1-2-5-12(11)10-13)21-17-20-14-6-3-9-19-16(14)22-17/h1-10H,(H3,18,19,20,21,22). The second-order valence-electron chi connectivity index (χ2n) is 4.99. The molecule has 2 aromatic heterocycles. The van der Waals surface area contributed by atoms with E-state index in [0.29, 0.717) is 17.4 Å². The Balaban J connectivity index is 1.76. The molecule has 5 heteroatoms. The number of amidine groups is 1. The predicted molar refractivity (Wildman–Crippen MR) is 88.2 cm³/mol. The minimum absolute atomic E-state index is 0.421. The largest absolute Gasteiger partial charge is 0.383 e. The lowest BCUT2D eigenvalue weighted by Crippen LogP contribution is -2.12. The van der Waals surface area contributed by atoms with Crippen LogP contribution in [0.2, 0.25) is 0 Å². The topological polar surface area (TPSA) is 79.9 Å². The zero-order valence-corrected chi connectivity index (χ0v) is 11.7. The van der Waals surface area contributed by atoms with E-state index in [1.54, 1.807) is 6.20 Å². The molecule has 22 heavy (non-hydrogen) atoms. The fraction of sp³-hybridized carbons (Fsp3) is 0. The summed E-state index contributed by atoms with van der Waals surface area (Å²) in [7, 11) is 0. The molecular weight excluding hydrogens is 274 g/mol. The summed E-state index contributed by atoms with van der Waals surface area (Å²) in [4.78, 5) is 15.9. The average molecular weight is 287 g/mol. The highest BCUT2D eigenvalue weighted by Crippen LogP contribution is 2.17. The molecular formula is C17H13N5. The van der Waals surface area contributed by atoms with Gasteiger partial charge in [0.2, 0.25) is 5.95 Å². The third-order valence-corrected chi connectivity index (χ3v) is 3.52. The van der Waals surface area contributed by atoms with Crippen LogP contribution in [-0.2, 0) is 0 Å². The molecule has 2 aromatic carbocycles. The SMILES string of the molecule is N/C(=N\c1nc2ncccc2[nH]1)c1ccc2ccccc2c1. The Bertz CT molecular complexity index is 967. The van der Waals surface area contributed by atoms with E-state index in [2.05, 4.69) is 32.1 Å². The van der Waals surface area contributed by atoms with Crippen LogP contribution in [0.25, 0.3) is 21.9 Å². The predicted octanol–water partition coefficient (Wildman–Crippen LogP) is 3.15. The third-order valence-electron chi connectivity index (χ3n) is 3.52. The maximum absolute atomic E-state index is 6.11. The average Bonchev–Trinajstić information content (AvgIpc) is 2.96. The number of benzene rings is 2. The van der Waals surface area contributed by atoms with Crippen molar-refractivity contribution >= 4 is 33.7 Å². The van der Waals surface area contributed by atoms with Gasteiger partial charge in [-0.25, -0.2) is 4.98 Å². The molecule has 5 nitrogen and oxygen atoms in total. The first-order valence-corrected chi connectivity index (χ1v) is 6.94. The number of pyridine rings is 1. The molecule has 0 spiro atoms. The lowest BCUT2D eigenvalue weighted by atomic mass is 10.1. The molecule has 0 saturated heterocycles. The maximum Gasteiger partial charge on any atom is 0.231 e. The van der Waals surface area contributed by atoms with Gasteiger partial charge in [0.15, 0.2) is 5.65 Å². The summed E-state index contributed by atoms with van der Waals surface area (Å²) in [5.41, 5.74) is 8.45. The number of aromatic amines is 1. The number of aliphatic imine (C=N–C) groups is 1. The zero-order chi connectivity index (χ0) is 14.9. The Morgan fingerprint density at radius 2 is 1.86 bits per heavy atom. The molecule has 0 amide bonds. The monoisotopic (exact) mass is 287 g/mol. The van der Waals surface area contributed by atoms with Crippen molar-refractivity contribution in [1.82, 2.24) is 15.0 Å². The smallest absolute Gasteiger partial charge is 0.231 e. The highest BCUT2D eigenvalue weighted by molar-refractivity contribution is 6.02. The Kier molecular flexibility index (Phi) is 2.83. The molecule has 0 atom stereocenters. The van der Waals surface area contributed by atoms with Crippen LogP contribution >= 0.6 is 0 Å². The van der Waals surface area contributed by atoms with Gasteiger partial charge in [0.05, 0.1) is 5.52 Å². The summed E-state index contributed by atoms with van der Waals surface area (Å²) in [6, 6.07) is 17.9. The molecule has 4 rings (SSSR count). The van der Waals surface area contributed by atoms with Gasteiger partial charge in [-0.05, 0) is 29.0 Å². The molecule has 0 unspecified atom stereocenters. The number of aromatic nitrogens is 3. The molecule has 0 fully saturated rings. The van der Waals surface area contributed by atoms with Gasteiger partial charge in [-0.2, -0.15) is 9.98 Å². The van der Waals surface area contributed by atoms with Crippen molar-refractivity contribution in [2.75, 3.05) is 0 Å². The zero-order valence-electron chi connectivity index (χ0n) is 11.7. The van der Waals surface area contributed by atoms with Crippen LogP contribution in [0.15, 0.2) is 65.8 Å². The van der Waals surface area contributed by atoms with E-state index in [1.165, 1.54) is 5.39 Å². The van der Waals surface area contributed by atoms with Gasteiger partial charge in [-0.15, -0.1) is 0 Å². The van der Waals surface area contributed by atoms with Crippen LogP contribution < -0.4 is 5.73 Å². The van der Waals surface area contributed by atoms with E-state index >= 15 is 0 Å². The van der Waals surface area contributed by atoms with Crippen molar-refractivity contribution < 1.29 is 0 Å². The first-order chi connectivity index (χ1) is 10.8. The van der Waals surface area contributed by atoms with Crippen molar-refractivity contribution in [3.8, 4) is 0 Å². The number of nitrogens with zero attached hydrogens (tertiary/aromatic N) is 3. The van der Waals surface area contributed by atoms with Gasteiger partial charge >= 0.3 is 0 Å². The van der Waals surface area contributed by atoms with E-state index in [4.69, 9.17) is 5.73 Å². The van der Waals surface area contributed by atoms with Crippen molar-refractivity contribution in [2.24, 2.45) is 10.7 Å². The number of hydrogen-bond donors (Lipinski definition) is 2. The fourth-order valence-electron chi connectivity index (χ4n) is 2.41. The molecule has 2 heterocycles. The van der Waals surface area contributed by atoms with Gasteiger partial charge < -0.3 is 10.7 Å². The maximum atomic E-state index is 6.11. The first kappa shape index (κ1) is 12.5. The van der Waals surface area contributed by atoms with E-state index in [0.717, 1.165) is 16.5 Å². The first-order valence-electron chi connectivity index (χ1n) is 6.94. The van der Waals surface area contributed by atoms with E-state index in [1.807, 2.05) is 42.5 Å². The molecule has 0 radical (unpaired) electrons. The lowest BCUT2D eigenvalue weighted by Gasteiger charge is -2.02. The summed E-state index contributed by atoms with van der Waals surface area (Å²) < 4.78 is 0. The second-order valence-corrected chi connectivity index (χ2v) is 4.99. The summed E-state index contributed by atoms with van der Waals surface area (Å²) >= 11 is 0. The van der Waals surface area contributed by atoms with Crippen molar-refractivity contribution in [2.45, 2.75) is 0 Å².